The van der Waals surface area contributed by atoms with Crippen LogP contribution in [0.4, 0.5) is 10.5 Å². The van der Waals surface area contributed by atoms with E-state index in [0.29, 0.717) is 11.0 Å². The molecule has 0 spiro atoms. The number of nitrogens with one attached hydrogen (secondary N) is 1. The molecule has 0 bridgehead atoms. The maximum atomic E-state index is 12.2. The Balaban J connectivity index is 1.98. The van der Waals surface area contributed by atoms with E-state index in [1.165, 1.54) is 4.68 Å². The Bertz CT molecular complexity index is 786. The van der Waals surface area contributed by atoms with Gasteiger partial charge in [0.1, 0.15) is 11.0 Å². The summed E-state index contributed by atoms with van der Waals surface area (Å²) >= 11 is 4.46. The lowest BCUT2D eigenvalue weighted by Gasteiger charge is -2.05. The van der Waals surface area contributed by atoms with Gasteiger partial charge in [-0.15, -0.1) is 5.10 Å². The summed E-state index contributed by atoms with van der Waals surface area (Å²) in [6.45, 7) is 0. The summed E-state index contributed by atoms with van der Waals surface area (Å²) in [6.07, 6.45) is 0. The number of amides is 1. The third-order valence-electron chi connectivity index (χ3n) is 2.70. The Morgan fingerprint density at radius 1 is 1.10 bits per heavy atom. The largest absolute Gasteiger partial charge is 0.348 e. The average molecular weight is 490 g/mol. The number of aromatic nitrogens is 3. The highest BCUT2D eigenvalue weighted by atomic mass is 127. The van der Waals surface area contributed by atoms with Crippen LogP contribution in [0.1, 0.15) is 0 Å². The molecular weight excluding hydrogens is 482 g/mol. The van der Waals surface area contributed by atoms with Crippen LogP contribution >= 0.6 is 45.2 Å². The number of benzene rings is 2. The van der Waals surface area contributed by atoms with Crippen molar-refractivity contribution in [1.29, 1.82) is 0 Å². The van der Waals surface area contributed by atoms with E-state index in [1.807, 2.05) is 42.5 Å². The Morgan fingerprint density at radius 3 is 2.55 bits per heavy atom. The van der Waals surface area contributed by atoms with Crippen molar-refractivity contribution in [3.63, 3.8) is 0 Å². The molecule has 0 saturated carbocycles. The van der Waals surface area contributed by atoms with Gasteiger partial charge < -0.3 is 5.32 Å². The molecule has 5 nitrogen and oxygen atoms in total. The summed E-state index contributed by atoms with van der Waals surface area (Å²) < 4.78 is 3.43. The molecule has 0 saturated heterocycles. The minimum absolute atomic E-state index is 0.323. The third kappa shape index (κ3) is 2.64. The molecule has 0 atom stereocenters. The zero-order valence-electron chi connectivity index (χ0n) is 10.0. The predicted molar refractivity (Wildman–Crippen MR) is 93.8 cm³/mol. The van der Waals surface area contributed by atoms with E-state index in [1.54, 1.807) is 0 Å². The predicted octanol–water partition coefficient (Wildman–Crippen LogP) is 3.72. The zero-order valence-corrected chi connectivity index (χ0v) is 14.4. The number of rotatable bonds is 1. The maximum Gasteiger partial charge on any atom is 0.348 e. The fourth-order valence-corrected chi connectivity index (χ4v) is 2.67. The minimum atomic E-state index is -0.323. The van der Waals surface area contributed by atoms with Gasteiger partial charge in [0.2, 0.25) is 0 Å². The smallest absolute Gasteiger partial charge is 0.306 e. The molecule has 0 aliphatic heterocycles. The molecule has 1 heterocycles. The molecule has 0 fully saturated rings. The first kappa shape index (κ1) is 13.7. The van der Waals surface area contributed by atoms with Gasteiger partial charge in [0.15, 0.2) is 0 Å². The first-order valence-electron chi connectivity index (χ1n) is 5.72. The summed E-state index contributed by atoms with van der Waals surface area (Å²) in [5.41, 5.74) is 2.13. The van der Waals surface area contributed by atoms with Crippen LogP contribution in [0.15, 0.2) is 42.5 Å². The number of carbonyl (C=O) groups is 1. The number of hydrogen-bond acceptors (Lipinski definition) is 3. The maximum absolute atomic E-state index is 12.2. The van der Waals surface area contributed by atoms with E-state index in [2.05, 4.69) is 60.8 Å². The molecule has 1 amide bonds. The van der Waals surface area contributed by atoms with Crippen LogP contribution in [0.25, 0.3) is 11.0 Å². The van der Waals surface area contributed by atoms with Crippen molar-refractivity contribution in [3.05, 3.63) is 49.6 Å². The lowest BCUT2D eigenvalue weighted by molar-refractivity contribution is 0.251. The van der Waals surface area contributed by atoms with Crippen molar-refractivity contribution in [2.24, 2.45) is 0 Å². The minimum Gasteiger partial charge on any atom is -0.306 e. The molecular formula is C13H8I2N4O. The Hall–Kier alpha value is -1.23. The van der Waals surface area contributed by atoms with Gasteiger partial charge in [-0.1, -0.05) is 23.4 Å². The highest BCUT2D eigenvalue weighted by Crippen LogP contribution is 2.21. The third-order valence-corrected chi connectivity index (χ3v) is 5.52. The molecule has 1 N–H and O–H groups in total. The second-order valence-corrected chi connectivity index (χ2v) is 6.38. The van der Waals surface area contributed by atoms with Gasteiger partial charge in [0.05, 0.1) is 0 Å². The number of anilines is 1. The highest BCUT2D eigenvalue weighted by Gasteiger charge is 2.13. The second-order valence-electron chi connectivity index (χ2n) is 4.05. The van der Waals surface area contributed by atoms with E-state index in [-0.39, 0.29) is 6.03 Å². The van der Waals surface area contributed by atoms with Crippen molar-refractivity contribution in [2.75, 3.05) is 5.32 Å². The van der Waals surface area contributed by atoms with Gasteiger partial charge in [-0.2, -0.15) is 4.68 Å². The van der Waals surface area contributed by atoms with Gasteiger partial charge in [0, 0.05) is 12.8 Å². The van der Waals surface area contributed by atoms with Crippen LogP contribution in [0.5, 0.6) is 0 Å². The Kier molecular flexibility index (Phi) is 3.87. The van der Waals surface area contributed by atoms with Crippen LogP contribution in [0.3, 0.4) is 0 Å². The van der Waals surface area contributed by atoms with Crippen LogP contribution in [-0.2, 0) is 0 Å². The molecule has 7 heteroatoms. The van der Waals surface area contributed by atoms with E-state index in [9.17, 15) is 4.79 Å². The summed E-state index contributed by atoms with van der Waals surface area (Å²) in [7, 11) is 0. The lowest BCUT2D eigenvalue weighted by atomic mass is 10.3. The zero-order chi connectivity index (χ0) is 14.1. The molecule has 0 radical (unpaired) electrons. The number of nitrogens with zero attached hydrogens (tertiary/aromatic N) is 3. The number of carbonyl (C=O) groups excluding carboxylic acids is 1. The van der Waals surface area contributed by atoms with Gasteiger partial charge >= 0.3 is 6.03 Å². The molecule has 20 heavy (non-hydrogen) atoms. The van der Waals surface area contributed by atoms with Crippen molar-refractivity contribution < 1.29 is 4.79 Å². The summed E-state index contributed by atoms with van der Waals surface area (Å²) in [5, 5.41) is 10.7. The van der Waals surface area contributed by atoms with Gasteiger partial charge in [-0.25, -0.2) is 4.79 Å². The van der Waals surface area contributed by atoms with Crippen LogP contribution in [-0.4, -0.2) is 21.0 Å². The van der Waals surface area contributed by atoms with Crippen molar-refractivity contribution in [2.45, 2.75) is 0 Å². The molecule has 100 valence electrons. The molecule has 2 aromatic carbocycles. The fraction of sp³-hybridized carbons (Fsp3) is 0. The van der Waals surface area contributed by atoms with E-state index < -0.39 is 0 Å². The van der Waals surface area contributed by atoms with Crippen LogP contribution in [0.2, 0.25) is 0 Å². The van der Waals surface area contributed by atoms with Gasteiger partial charge in [0.25, 0.3) is 0 Å². The van der Waals surface area contributed by atoms with Gasteiger partial charge in [-0.3, -0.25) is 0 Å². The van der Waals surface area contributed by atoms with Crippen molar-refractivity contribution in [1.82, 2.24) is 15.0 Å². The first-order chi connectivity index (χ1) is 9.65. The first-order valence-corrected chi connectivity index (χ1v) is 7.88. The number of para-hydroxylation sites is 1. The standard InChI is InChI=1S/C13H8I2N4O/c14-9-6-11-12(7-10(9)15)19(18-17-11)13(20)16-8-4-2-1-3-5-8/h1-7H,(H,16,20). The Labute approximate surface area is 142 Å². The highest BCUT2D eigenvalue weighted by molar-refractivity contribution is 14.1. The fourth-order valence-electron chi connectivity index (χ4n) is 1.76. The number of halogens is 2. The summed E-state index contributed by atoms with van der Waals surface area (Å²) in [6, 6.07) is 12.8. The quantitative estimate of drug-likeness (QED) is 0.530. The van der Waals surface area contributed by atoms with Crippen molar-refractivity contribution >= 4 is 67.9 Å². The van der Waals surface area contributed by atoms with E-state index in [0.717, 1.165) is 12.8 Å². The Morgan fingerprint density at radius 2 is 1.80 bits per heavy atom. The normalized spacial score (nSPS) is 10.7. The van der Waals surface area contributed by atoms with Crippen molar-refractivity contribution in [3.8, 4) is 0 Å². The van der Waals surface area contributed by atoms with E-state index >= 15 is 0 Å². The molecule has 3 aromatic rings. The summed E-state index contributed by atoms with van der Waals surface area (Å²) in [4.78, 5) is 12.2. The number of hydrogen-bond donors (Lipinski definition) is 1. The molecule has 0 aliphatic carbocycles. The topological polar surface area (TPSA) is 59.8 Å². The lowest BCUT2D eigenvalue weighted by Crippen LogP contribution is -2.20. The number of fused-ring (bicyclic) bond motifs is 1. The second kappa shape index (κ2) is 5.64. The molecule has 0 unspecified atom stereocenters. The van der Waals surface area contributed by atoms with Gasteiger partial charge in [-0.05, 0) is 69.4 Å². The molecule has 3 rings (SSSR count). The monoisotopic (exact) mass is 490 g/mol. The van der Waals surface area contributed by atoms with E-state index in [4.69, 9.17) is 0 Å². The average Bonchev–Trinajstić information content (AvgIpc) is 2.83. The van der Waals surface area contributed by atoms with Crippen LogP contribution < -0.4 is 5.32 Å². The summed E-state index contributed by atoms with van der Waals surface area (Å²) in [5.74, 6) is 0. The van der Waals surface area contributed by atoms with Crippen LogP contribution in [0, 0.1) is 7.14 Å². The molecule has 1 aromatic heterocycles. The SMILES string of the molecule is O=C(Nc1ccccc1)n1nnc2cc(I)c(I)cc21. The molecule has 0 aliphatic rings.